The Morgan fingerprint density at radius 3 is 2.72 bits per heavy atom. The summed E-state index contributed by atoms with van der Waals surface area (Å²) in [5.41, 5.74) is 2.05. The van der Waals surface area contributed by atoms with E-state index in [9.17, 15) is 18.9 Å². The second-order valence-corrected chi connectivity index (χ2v) is 5.20. The van der Waals surface area contributed by atoms with Crippen LogP contribution in [0.4, 0.5) is 25.8 Å². The molecule has 0 aliphatic carbocycles. The second kappa shape index (κ2) is 7.88. The van der Waals surface area contributed by atoms with Crippen LogP contribution in [-0.4, -0.2) is 35.0 Å². The third-order valence-corrected chi connectivity index (χ3v) is 3.53. The third-order valence-electron chi connectivity index (χ3n) is 3.53. The number of hydrogen-bond acceptors (Lipinski definition) is 6. The van der Waals surface area contributed by atoms with E-state index in [1.54, 1.807) is 18.7 Å². The van der Waals surface area contributed by atoms with Crippen LogP contribution in [-0.2, 0) is 11.3 Å². The highest BCUT2D eigenvalue weighted by Crippen LogP contribution is 2.33. The van der Waals surface area contributed by atoms with Gasteiger partial charge in [0.1, 0.15) is 0 Å². The minimum atomic E-state index is -3.16. The molecule has 0 atom stereocenters. The number of hydrogen-bond donors (Lipinski definition) is 1. The minimum absolute atomic E-state index is 0.374. The van der Waals surface area contributed by atoms with E-state index in [2.05, 4.69) is 15.2 Å². The first-order valence-corrected chi connectivity index (χ1v) is 7.36. The summed E-state index contributed by atoms with van der Waals surface area (Å²) in [6, 6.07) is 3.69. The Bertz CT molecular complexity index is 764. The molecular formula is C15H18F2N4O4. The SMILES string of the molecule is COCCn1nc(C)c(Nc2ccc([N+](=O)[O-])c(OC(F)F)c2)c1C. The van der Waals surface area contributed by atoms with Crippen LogP contribution in [0, 0.1) is 24.0 Å². The summed E-state index contributed by atoms with van der Waals surface area (Å²) in [6.07, 6.45) is 0. The molecule has 25 heavy (non-hydrogen) atoms. The number of anilines is 2. The number of benzene rings is 1. The lowest BCUT2D eigenvalue weighted by Gasteiger charge is -2.10. The van der Waals surface area contributed by atoms with Crippen molar-refractivity contribution in [3.63, 3.8) is 0 Å². The van der Waals surface area contributed by atoms with Crippen LogP contribution in [0.2, 0.25) is 0 Å². The molecule has 1 heterocycles. The van der Waals surface area contributed by atoms with Gasteiger partial charge in [0.25, 0.3) is 0 Å². The number of aryl methyl sites for hydroxylation is 1. The topological polar surface area (TPSA) is 91.5 Å². The van der Waals surface area contributed by atoms with Gasteiger partial charge in [0.2, 0.25) is 5.75 Å². The standard InChI is InChI=1S/C15H18F2N4O4/c1-9-14(10(2)20(19-9)6-7-24-3)18-11-4-5-12(21(22)23)13(8-11)25-15(16)17/h4-5,8,15,18H,6-7H2,1-3H3. The number of methoxy groups -OCH3 is 1. The van der Waals surface area contributed by atoms with E-state index in [1.165, 1.54) is 6.07 Å². The van der Waals surface area contributed by atoms with Gasteiger partial charge in [-0.3, -0.25) is 14.8 Å². The lowest BCUT2D eigenvalue weighted by molar-refractivity contribution is -0.386. The van der Waals surface area contributed by atoms with Gasteiger partial charge in [0.05, 0.1) is 35.2 Å². The molecule has 1 aromatic carbocycles. The Labute approximate surface area is 142 Å². The zero-order chi connectivity index (χ0) is 18.6. The van der Waals surface area contributed by atoms with Crippen LogP contribution in [0.5, 0.6) is 5.75 Å². The maximum absolute atomic E-state index is 12.5. The summed E-state index contributed by atoms with van der Waals surface area (Å²) in [5.74, 6) is -0.507. The Hall–Kier alpha value is -2.75. The van der Waals surface area contributed by atoms with Gasteiger partial charge in [-0.15, -0.1) is 0 Å². The fraction of sp³-hybridized carbons (Fsp3) is 0.400. The van der Waals surface area contributed by atoms with Gasteiger partial charge in [-0.2, -0.15) is 13.9 Å². The van der Waals surface area contributed by atoms with E-state index in [0.717, 1.165) is 17.8 Å². The van der Waals surface area contributed by atoms with Crippen molar-refractivity contribution in [2.75, 3.05) is 19.0 Å². The number of alkyl halides is 2. The van der Waals surface area contributed by atoms with E-state index < -0.39 is 23.0 Å². The molecule has 0 aliphatic heterocycles. The second-order valence-electron chi connectivity index (χ2n) is 5.20. The molecule has 0 spiro atoms. The van der Waals surface area contributed by atoms with Gasteiger partial charge in [-0.1, -0.05) is 0 Å². The van der Waals surface area contributed by atoms with Crippen LogP contribution in [0.3, 0.4) is 0 Å². The Balaban J connectivity index is 2.31. The quantitative estimate of drug-likeness (QED) is 0.576. The summed E-state index contributed by atoms with van der Waals surface area (Å²) in [4.78, 5) is 10.1. The monoisotopic (exact) mass is 356 g/mol. The maximum atomic E-state index is 12.5. The number of nitrogens with one attached hydrogen (secondary N) is 1. The molecule has 2 rings (SSSR count). The summed E-state index contributed by atoms with van der Waals surface area (Å²) >= 11 is 0. The first kappa shape index (κ1) is 18.6. The van der Waals surface area contributed by atoms with Crippen LogP contribution in [0.1, 0.15) is 11.4 Å². The van der Waals surface area contributed by atoms with Crippen LogP contribution in [0.25, 0.3) is 0 Å². The molecule has 0 bridgehead atoms. The van der Waals surface area contributed by atoms with Crippen molar-refractivity contribution in [2.45, 2.75) is 27.0 Å². The smallest absolute Gasteiger partial charge is 0.387 e. The van der Waals surface area contributed by atoms with Gasteiger partial charge in [0, 0.05) is 24.9 Å². The zero-order valence-corrected chi connectivity index (χ0v) is 14.0. The third kappa shape index (κ3) is 4.41. The number of ether oxygens (including phenoxy) is 2. The van der Waals surface area contributed by atoms with Crippen LogP contribution < -0.4 is 10.1 Å². The van der Waals surface area contributed by atoms with E-state index in [1.807, 2.05) is 6.92 Å². The molecule has 2 aromatic rings. The molecule has 0 saturated heterocycles. The van der Waals surface area contributed by atoms with Gasteiger partial charge in [0.15, 0.2) is 0 Å². The Morgan fingerprint density at radius 2 is 2.12 bits per heavy atom. The maximum Gasteiger partial charge on any atom is 0.387 e. The van der Waals surface area contributed by atoms with Gasteiger partial charge < -0.3 is 14.8 Å². The van der Waals surface area contributed by atoms with Crippen molar-refractivity contribution >= 4 is 17.1 Å². The van der Waals surface area contributed by atoms with Crippen molar-refractivity contribution < 1.29 is 23.2 Å². The zero-order valence-electron chi connectivity index (χ0n) is 14.0. The molecule has 0 saturated carbocycles. The summed E-state index contributed by atoms with van der Waals surface area (Å²) in [7, 11) is 1.59. The molecule has 0 unspecified atom stereocenters. The van der Waals surface area contributed by atoms with Crippen molar-refractivity contribution in [3.8, 4) is 5.75 Å². The Kier molecular flexibility index (Phi) is 5.86. The molecule has 0 amide bonds. The van der Waals surface area contributed by atoms with Crippen molar-refractivity contribution in [1.82, 2.24) is 9.78 Å². The average molecular weight is 356 g/mol. The number of halogens is 2. The molecule has 10 heteroatoms. The normalized spacial score (nSPS) is 11.0. The predicted molar refractivity (Wildman–Crippen MR) is 86.6 cm³/mol. The van der Waals surface area contributed by atoms with Crippen molar-refractivity contribution in [2.24, 2.45) is 0 Å². The van der Waals surface area contributed by atoms with Crippen molar-refractivity contribution in [3.05, 3.63) is 39.7 Å². The van der Waals surface area contributed by atoms with Crippen molar-refractivity contribution in [1.29, 1.82) is 0 Å². The number of nitro groups is 1. The predicted octanol–water partition coefficient (Wildman–Crippen LogP) is 3.40. The highest BCUT2D eigenvalue weighted by atomic mass is 19.3. The van der Waals surface area contributed by atoms with E-state index >= 15 is 0 Å². The highest BCUT2D eigenvalue weighted by Gasteiger charge is 2.20. The lowest BCUT2D eigenvalue weighted by Crippen LogP contribution is -2.08. The first-order chi connectivity index (χ1) is 11.8. The molecule has 1 N–H and O–H groups in total. The highest BCUT2D eigenvalue weighted by molar-refractivity contribution is 5.67. The van der Waals surface area contributed by atoms with E-state index in [0.29, 0.717) is 30.2 Å². The number of nitro benzene ring substituents is 1. The fourth-order valence-corrected chi connectivity index (χ4v) is 2.35. The number of rotatable bonds is 8. The molecule has 0 radical (unpaired) electrons. The molecule has 1 aromatic heterocycles. The summed E-state index contributed by atoms with van der Waals surface area (Å²) < 4.78 is 36.0. The largest absolute Gasteiger partial charge is 0.427 e. The van der Waals surface area contributed by atoms with E-state index in [4.69, 9.17) is 4.74 Å². The molecule has 0 aliphatic rings. The Morgan fingerprint density at radius 1 is 1.40 bits per heavy atom. The molecule has 136 valence electrons. The van der Waals surface area contributed by atoms with E-state index in [-0.39, 0.29) is 0 Å². The molecule has 8 nitrogen and oxygen atoms in total. The van der Waals surface area contributed by atoms with Gasteiger partial charge >= 0.3 is 12.3 Å². The van der Waals surface area contributed by atoms with Crippen LogP contribution >= 0.6 is 0 Å². The first-order valence-electron chi connectivity index (χ1n) is 7.36. The fourth-order valence-electron chi connectivity index (χ4n) is 2.35. The number of aromatic nitrogens is 2. The minimum Gasteiger partial charge on any atom is -0.427 e. The van der Waals surface area contributed by atoms with Gasteiger partial charge in [-0.05, 0) is 19.9 Å². The average Bonchev–Trinajstić information content (AvgIpc) is 2.80. The summed E-state index contributed by atoms with van der Waals surface area (Å²) in [6.45, 7) is 1.53. The molecule has 0 fully saturated rings. The summed E-state index contributed by atoms with van der Waals surface area (Å²) in [5, 5.41) is 18.3. The van der Waals surface area contributed by atoms with Gasteiger partial charge in [-0.25, -0.2) is 0 Å². The lowest BCUT2D eigenvalue weighted by atomic mass is 10.2. The van der Waals surface area contributed by atoms with Crippen LogP contribution in [0.15, 0.2) is 18.2 Å². The molecular weight excluding hydrogens is 338 g/mol. The number of nitrogens with zero attached hydrogens (tertiary/aromatic N) is 3.